The monoisotopic (exact) mass is 402 g/mol. The summed E-state index contributed by atoms with van der Waals surface area (Å²) < 4.78 is 0. The third kappa shape index (κ3) is 4.50. The Morgan fingerprint density at radius 2 is 2.00 bits per heavy atom. The van der Waals surface area contributed by atoms with Crippen LogP contribution in [0, 0.1) is 5.92 Å². The molecule has 1 aromatic carbocycles. The van der Waals surface area contributed by atoms with Crippen molar-refractivity contribution in [2.24, 2.45) is 5.92 Å². The van der Waals surface area contributed by atoms with Crippen LogP contribution in [0.3, 0.4) is 0 Å². The number of amides is 2. The first-order valence-electron chi connectivity index (χ1n) is 9.29. The zero-order chi connectivity index (χ0) is 18.6. The molecule has 142 valence electrons. The molecule has 6 nitrogen and oxygen atoms in total. The molecule has 1 N–H and O–H groups in total. The number of likely N-dealkylation sites (tertiary alicyclic amines) is 1. The van der Waals surface area contributed by atoms with Gasteiger partial charge < -0.3 is 10.2 Å². The number of nitrogens with zero attached hydrogens (tertiary/aromatic N) is 3. The fraction of sp³-hybridized carbons (Fsp3) is 0.474. The molecule has 1 aromatic heterocycles. The molecule has 2 aliphatic rings. The van der Waals surface area contributed by atoms with E-state index in [0.717, 1.165) is 23.6 Å². The Kier molecular flexibility index (Phi) is 5.73. The Bertz CT molecular complexity index is 805. The van der Waals surface area contributed by atoms with Gasteiger partial charge in [0, 0.05) is 23.9 Å². The highest BCUT2D eigenvalue weighted by Gasteiger charge is 2.38. The molecule has 0 spiro atoms. The summed E-state index contributed by atoms with van der Waals surface area (Å²) in [7, 11) is 0. The van der Waals surface area contributed by atoms with Crippen LogP contribution in [0.4, 0.5) is 5.13 Å². The van der Waals surface area contributed by atoms with Gasteiger partial charge in [-0.2, -0.15) is 0 Å². The lowest BCUT2D eigenvalue weighted by atomic mass is 10.1. The lowest BCUT2D eigenvalue weighted by molar-refractivity contribution is -0.129. The predicted octanol–water partition coefficient (Wildman–Crippen LogP) is 3.56. The van der Waals surface area contributed by atoms with Gasteiger partial charge in [0.05, 0.1) is 11.7 Å². The summed E-state index contributed by atoms with van der Waals surface area (Å²) in [6, 6.07) is 10.4. The second-order valence-electron chi connectivity index (χ2n) is 6.98. The quantitative estimate of drug-likeness (QED) is 0.748. The molecule has 1 aliphatic heterocycles. The molecule has 2 heterocycles. The van der Waals surface area contributed by atoms with E-state index in [9.17, 15) is 9.59 Å². The number of hydrogen-bond acceptors (Lipinski definition) is 6. The van der Waals surface area contributed by atoms with Crippen molar-refractivity contribution in [2.75, 3.05) is 11.9 Å². The molecule has 2 aromatic rings. The Morgan fingerprint density at radius 1 is 1.22 bits per heavy atom. The third-order valence-corrected chi connectivity index (χ3v) is 7.14. The van der Waals surface area contributed by atoms with Crippen molar-refractivity contribution < 1.29 is 9.59 Å². The van der Waals surface area contributed by atoms with E-state index in [1.165, 1.54) is 29.1 Å². The number of benzene rings is 1. The number of nitrogens with one attached hydrogen (secondary N) is 1. The molecule has 1 aliphatic carbocycles. The Hall–Kier alpha value is -1.93. The number of aromatic nitrogens is 2. The van der Waals surface area contributed by atoms with Gasteiger partial charge in [-0.25, -0.2) is 0 Å². The van der Waals surface area contributed by atoms with E-state index in [4.69, 9.17) is 0 Å². The van der Waals surface area contributed by atoms with Crippen LogP contribution < -0.4 is 5.32 Å². The van der Waals surface area contributed by atoms with Gasteiger partial charge in [-0.15, -0.1) is 22.0 Å². The summed E-state index contributed by atoms with van der Waals surface area (Å²) in [6.45, 7) is 0.533. The molecule has 1 atom stereocenters. The minimum atomic E-state index is -0.288. The summed E-state index contributed by atoms with van der Waals surface area (Å²) in [6.07, 6.45) is 4.80. The van der Waals surface area contributed by atoms with E-state index < -0.39 is 0 Å². The van der Waals surface area contributed by atoms with Crippen LogP contribution >= 0.6 is 23.1 Å². The van der Waals surface area contributed by atoms with E-state index >= 15 is 0 Å². The smallest absolute Gasteiger partial charge is 0.231 e. The number of carbonyl (C=O) groups excluding carboxylic acids is 2. The highest BCUT2D eigenvalue weighted by atomic mass is 32.2. The average molecular weight is 403 g/mol. The topological polar surface area (TPSA) is 75.2 Å². The number of anilines is 1. The zero-order valence-corrected chi connectivity index (χ0v) is 16.6. The molecule has 0 radical (unpaired) electrons. The maximum atomic E-state index is 12.6. The fourth-order valence-electron chi connectivity index (χ4n) is 3.71. The van der Waals surface area contributed by atoms with Gasteiger partial charge in [0.25, 0.3) is 0 Å². The molecular formula is C19H22N4O2S2. The van der Waals surface area contributed by atoms with Crippen molar-refractivity contribution in [1.29, 1.82) is 0 Å². The van der Waals surface area contributed by atoms with Crippen LogP contribution in [0.5, 0.6) is 0 Å². The Labute approximate surface area is 166 Å². The highest BCUT2D eigenvalue weighted by molar-refractivity contribution is 7.98. The second-order valence-corrected chi connectivity index (χ2v) is 9.09. The summed E-state index contributed by atoms with van der Waals surface area (Å²) in [4.78, 5) is 27.9. The highest BCUT2D eigenvalue weighted by Crippen LogP contribution is 2.30. The van der Waals surface area contributed by atoms with Crippen LogP contribution in [0.15, 0.2) is 35.2 Å². The van der Waals surface area contributed by atoms with Crippen molar-refractivity contribution in [3.63, 3.8) is 0 Å². The third-order valence-electron chi connectivity index (χ3n) is 5.10. The van der Waals surface area contributed by atoms with Crippen LogP contribution in [0.25, 0.3) is 0 Å². The first-order chi connectivity index (χ1) is 13.2. The number of rotatable bonds is 6. The van der Waals surface area contributed by atoms with Crippen LogP contribution in [-0.2, 0) is 15.3 Å². The van der Waals surface area contributed by atoms with Crippen LogP contribution in [-0.4, -0.2) is 39.5 Å². The lowest BCUT2D eigenvalue weighted by Gasteiger charge is -2.23. The van der Waals surface area contributed by atoms with E-state index in [1.807, 2.05) is 23.1 Å². The minimum Gasteiger partial charge on any atom is -0.339 e. The van der Waals surface area contributed by atoms with Crippen molar-refractivity contribution in [3.8, 4) is 0 Å². The van der Waals surface area contributed by atoms with Crippen LogP contribution in [0.1, 0.15) is 37.1 Å². The van der Waals surface area contributed by atoms with Gasteiger partial charge in [0.15, 0.2) is 0 Å². The minimum absolute atomic E-state index is 0.110. The summed E-state index contributed by atoms with van der Waals surface area (Å²) in [5.41, 5.74) is 0. The van der Waals surface area contributed by atoms with Crippen molar-refractivity contribution in [1.82, 2.24) is 15.1 Å². The molecule has 2 amide bonds. The largest absolute Gasteiger partial charge is 0.339 e. The number of hydrogen-bond donors (Lipinski definition) is 1. The fourth-order valence-corrected chi connectivity index (χ4v) is 5.36. The molecule has 1 saturated carbocycles. The molecule has 0 unspecified atom stereocenters. The maximum Gasteiger partial charge on any atom is 0.231 e. The van der Waals surface area contributed by atoms with Gasteiger partial charge in [0.1, 0.15) is 5.01 Å². The zero-order valence-electron chi connectivity index (χ0n) is 15.0. The van der Waals surface area contributed by atoms with E-state index in [-0.39, 0.29) is 17.7 Å². The molecule has 2 fully saturated rings. The first kappa shape index (κ1) is 18.4. The normalized spacial score (nSPS) is 20.4. The van der Waals surface area contributed by atoms with E-state index in [1.54, 1.807) is 11.8 Å². The molecule has 8 heteroatoms. The van der Waals surface area contributed by atoms with Gasteiger partial charge in [-0.1, -0.05) is 42.4 Å². The summed E-state index contributed by atoms with van der Waals surface area (Å²) in [5, 5.41) is 12.5. The van der Waals surface area contributed by atoms with Gasteiger partial charge in [-0.3, -0.25) is 9.59 Å². The average Bonchev–Trinajstić information content (AvgIpc) is 3.41. The van der Waals surface area contributed by atoms with Crippen LogP contribution in [0.2, 0.25) is 0 Å². The predicted molar refractivity (Wildman–Crippen MR) is 107 cm³/mol. The first-order valence-corrected chi connectivity index (χ1v) is 11.1. The van der Waals surface area contributed by atoms with Gasteiger partial charge in [-0.05, 0) is 25.0 Å². The molecule has 4 rings (SSSR count). The summed E-state index contributed by atoms with van der Waals surface area (Å²) in [5.74, 6) is 0.417. The molecule has 0 bridgehead atoms. The standard InChI is InChI=1S/C19H22N4O2S2/c24-17-10-13(11-23(17)14-6-4-5-7-14)18(25)20-19-22-21-16(27-19)12-26-15-8-2-1-3-9-15/h1-3,8-9,13-14H,4-7,10-12H2,(H,20,22,25)/t13-/m0/s1. The maximum absolute atomic E-state index is 12.6. The van der Waals surface area contributed by atoms with Gasteiger partial charge >= 0.3 is 0 Å². The van der Waals surface area contributed by atoms with Crippen molar-refractivity contribution in [3.05, 3.63) is 35.3 Å². The number of thioether (sulfide) groups is 1. The Balaban J connectivity index is 1.29. The second kappa shape index (κ2) is 8.39. The lowest BCUT2D eigenvalue weighted by Crippen LogP contribution is -2.35. The SMILES string of the molecule is O=C(Nc1nnc(CSc2ccccc2)s1)[C@H]1CC(=O)N(C2CCCC2)C1. The van der Waals surface area contributed by atoms with E-state index in [0.29, 0.717) is 24.1 Å². The summed E-state index contributed by atoms with van der Waals surface area (Å²) >= 11 is 3.08. The van der Waals surface area contributed by atoms with Crippen molar-refractivity contribution in [2.45, 2.75) is 48.8 Å². The molecule has 1 saturated heterocycles. The van der Waals surface area contributed by atoms with E-state index in [2.05, 4.69) is 27.6 Å². The number of carbonyl (C=O) groups is 2. The molecular weight excluding hydrogens is 380 g/mol. The molecule has 27 heavy (non-hydrogen) atoms. The Morgan fingerprint density at radius 3 is 2.78 bits per heavy atom. The van der Waals surface area contributed by atoms with Gasteiger partial charge in [0.2, 0.25) is 16.9 Å². The van der Waals surface area contributed by atoms with Crippen molar-refractivity contribution >= 4 is 40.0 Å².